The molecule has 162 valence electrons. The molecule has 0 radical (unpaired) electrons. The molecular formula is C24H30O6. The molecule has 5 unspecified atom stereocenters. The summed E-state index contributed by atoms with van der Waals surface area (Å²) < 4.78 is 17.9. The zero-order valence-electron chi connectivity index (χ0n) is 18.0. The van der Waals surface area contributed by atoms with Crippen molar-refractivity contribution in [3.05, 3.63) is 11.6 Å². The molecule has 0 amide bonds. The van der Waals surface area contributed by atoms with Gasteiger partial charge in [-0.1, -0.05) is 19.4 Å². The average Bonchev–Trinajstić information content (AvgIpc) is 3.20. The van der Waals surface area contributed by atoms with Crippen LogP contribution < -0.4 is 0 Å². The van der Waals surface area contributed by atoms with Gasteiger partial charge in [-0.25, -0.2) is 0 Å². The Morgan fingerprint density at radius 3 is 2.67 bits per heavy atom. The largest absolute Gasteiger partial charge is 0.469 e. The molecule has 0 aromatic heterocycles. The van der Waals surface area contributed by atoms with Crippen LogP contribution in [0.4, 0.5) is 0 Å². The molecule has 0 aromatic carbocycles. The van der Waals surface area contributed by atoms with E-state index >= 15 is 0 Å². The lowest BCUT2D eigenvalue weighted by Gasteiger charge is -2.58. The summed E-state index contributed by atoms with van der Waals surface area (Å²) in [6.45, 7) is 4.51. The molecule has 0 bridgehead atoms. The molecular weight excluding hydrogens is 384 g/mol. The first-order chi connectivity index (χ1) is 14.2. The van der Waals surface area contributed by atoms with Crippen LogP contribution in [-0.2, 0) is 28.6 Å². The van der Waals surface area contributed by atoms with E-state index in [1.54, 1.807) is 6.08 Å². The molecule has 8 atom stereocenters. The fourth-order valence-electron chi connectivity index (χ4n) is 8.69. The lowest BCUT2D eigenvalue weighted by molar-refractivity contribution is -0.172. The SMILES string of the molecule is COC(=O)[C@@H]1CC2=CC(=O)CCC2(C)C23O[C@H]2CC2(C)C(CC[C@@]24CCC(=O)O4)C13. The summed E-state index contributed by atoms with van der Waals surface area (Å²) in [5.74, 6) is -0.201. The topological polar surface area (TPSA) is 82.2 Å². The third-order valence-corrected chi connectivity index (χ3v) is 10.2. The molecule has 0 aromatic rings. The van der Waals surface area contributed by atoms with E-state index in [9.17, 15) is 14.4 Å². The number of fused-ring (bicyclic) bond motifs is 4. The summed E-state index contributed by atoms with van der Waals surface area (Å²) in [5.41, 5.74) is -0.175. The summed E-state index contributed by atoms with van der Waals surface area (Å²) in [6, 6.07) is 0. The van der Waals surface area contributed by atoms with Gasteiger partial charge < -0.3 is 14.2 Å². The van der Waals surface area contributed by atoms with Crippen molar-refractivity contribution in [3.63, 3.8) is 0 Å². The van der Waals surface area contributed by atoms with Gasteiger partial charge >= 0.3 is 11.9 Å². The van der Waals surface area contributed by atoms with Crippen LogP contribution in [0.1, 0.15) is 65.2 Å². The Morgan fingerprint density at radius 1 is 1.17 bits per heavy atom. The Labute approximate surface area is 176 Å². The van der Waals surface area contributed by atoms with E-state index in [2.05, 4.69) is 13.8 Å². The van der Waals surface area contributed by atoms with Crippen LogP contribution >= 0.6 is 0 Å². The smallest absolute Gasteiger partial charge is 0.309 e. The molecule has 0 N–H and O–H groups in total. The predicted octanol–water partition coefficient (Wildman–Crippen LogP) is 3.12. The number of carbonyl (C=O) groups is 3. The highest BCUT2D eigenvalue weighted by molar-refractivity contribution is 5.92. The van der Waals surface area contributed by atoms with E-state index in [0.717, 1.165) is 37.7 Å². The first kappa shape index (κ1) is 19.0. The normalized spacial score (nSPS) is 53.2. The quantitative estimate of drug-likeness (QED) is 0.484. The molecule has 5 fully saturated rings. The second kappa shape index (κ2) is 5.56. The molecule has 6 aliphatic rings. The van der Waals surface area contributed by atoms with E-state index in [-0.39, 0.29) is 52.4 Å². The van der Waals surface area contributed by atoms with E-state index in [1.165, 1.54) is 7.11 Å². The van der Waals surface area contributed by atoms with Crippen molar-refractivity contribution in [1.29, 1.82) is 0 Å². The number of epoxide rings is 1. The number of ether oxygens (including phenoxy) is 3. The molecule has 6 rings (SSSR count). The first-order valence-electron chi connectivity index (χ1n) is 11.4. The van der Waals surface area contributed by atoms with Crippen LogP contribution in [0.25, 0.3) is 0 Å². The molecule has 3 saturated carbocycles. The fourth-order valence-corrected chi connectivity index (χ4v) is 8.69. The van der Waals surface area contributed by atoms with Gasteiger partial charge in [0.2, 0.25) is 0 Å². The van der Waals surface area contributed by atoms with Gasteiger partial charge in [0, 0.05) is 29.6 Å². The number of ketones is 1. The lowest BCUT2D eigenvalue weighted by atomic mass is 9.43. The van der Waals surface area contributed by atoms with Crippen LogP contribution in [0.5, 0.6) is 0 Å². The minimum atomic E-state index is -0.424. The summed E-state index contributed by atoms with van der Waals surface area (Å²) in [6.07, 6.45) is 7.61. The van der Waals surface area contributed by atoms with Crippen LogP contribution in [0.2, 0.25) is 0 Å². The molecule has 6 nitrogen and oxygen atoms in total. The number of methoxy groups -OCH3 is 1. The summed E-state index contributed by atoms with van der Waals surface area (Å²) in [7, 11) is 1.45. The maximum Gasteiger partial charge on any atom is 0.309 e. The minimum absolute atomic E-state index is 0.0303. The third kappa shape index (κ3) is 1.94. The Balaban J connectivity index is 1.49. The van der Waals surface area contributed by atoms with E-state index in [0.29, 0.717) is 19.3 Å². The first-order valence-corrected chi connectivity index (χ1v) is 11.4. The van der Waals surface area contributed by atoms with Crippen molar-refractivity contribution in [2.75, 3.05) is 7.11 Å². The number of rotatable bonds is 1. The number of hydrogen-bond acceptors (Lipinski definition) is 6. The van der Waals surface area contributed by atoms with Crippen LogP contribution in [0.15, 0.2) is 11.6 Å². The minimum Gasteiger partial charge on any atom is -0.469 e. The molecule has 2 spiro atoms. The number of carbonyl (C=O) groups excluding carboxylic acids is 3. The highest BCUT2D eigenvalue weighted by Gasteiger charge is 2.83. The van der Waals surface area contributed by atoms with Crippen molar-refractivity contribution in [2.45, 2.75) is 82.5 Å². The average molecular weight is 414 g/mol. The second-order valence-corrected chi connectivity index (χ2v) is 11.0. The highest BCUT2D eigenvalue weighted by Crippen LogP contribution is 2.78. The maximum absolute atomic E-state index is 13.0. The van der Waals surface area contributed by atoms with Crippen molar-refractivity contribution in [1.82, 2.24) is 0 Å². The standard InChI is InChI=1S/C24H30O6/c1-21-7-4-14(25)10-13(21)11-15(20(27)28-3)19-16-5-8-23(9-6-18(26)30-23)22(16,2)12-17-24(19,21)29-17/h10,15-17,19H,4-9,11-12H2,1-3H3/t15-,16?,17+,19?,21?,22?,23-,24?/m1/s1. The van der Waals surface area contributed by atoms with Gasteiger partial charge in [-0.15, -0.1) is 0 Å². The Bertz CT molecular complexity index is 907. The van der Waals surface area contributed by atoms with Crippen LogP contribution in [0, 0.1) is 28.6 Å². The van der Waals surface area contributed by atoms with Gasteiger partial charge in [-0.3, -0.25) is 14.4 Å². The second-order valence-electron chi connectivity index (χ2n) is 11.0. The summed E-state index contributed by atoms with van der Waals surface area (Å²) in [4.78, 5) is 37.4. The molecule has 2 heterocycles. The van der Waals surface area contributed by atoms with E-state index < -0.39 is 11.2 Å². The van der Waals surface area contributed by atoms with Crippen LogP contribution in [-0.4, -0.2) is 42.1 Å². The van der Waals surface area contributed by atoms with Gasteiger partial charge in [0.05, 0.1) is 19.1 Å². The van der Waals surface area contributed by atoms with Crippen molar-refractivity contribution < 1.29 is 28.6 Å². The molecule has 2 aliphatic heterocycles. The molecule has 6 heteroatoms. The van der Waals surface area contributed by atoms with Gasteiger partial charge in [0.15, 0.2) is 5.78 Å². The zero-order valence-corrected chi connectivity index (χ0v) is 18.0. The Hall–Kier alpha value is -1.69. The molecule has 4 aliphatic carbocycles. The van der Waals surface area contributed by atoms with Crippen LogP contribution in [0.3, 0.4) is 0 Å². The van der Waals surface area contributed by atoms with Gasteiger partial charge in [0.25, 0.3) is 0 Å². The van der Waals surface area contributed by atoms with E-state index in [1.807, 2.05) is 0 Å². The van der Waals surface area contributed by atoms with Crippen molar-refractivity contribution in [3.8, 4) is 0 Å². The lowest BCUT2D eigenvalue weighted by Crippen LogP contribution is -2.63. The predicted molar refractivity (Wildman–Crippen MR) is 105 cm³/mol. The monoisotopic (exact) mass is 414 g/mol. The highest BCUT2D eigenvalue weighted by atomic mass is 16.6. The number of hydrogen-bond donors (Lipinski definition) is 0. The van der Waals surface area contributed by atoms with Crippen molar-refractivity contribution in [2.24, 2.45) is 28.6 Å². The fraction of sp³-hybridized carbons (Fsp3) is 0.792. The molecule has 30 heavy (non-hydrogen) atoms. The summed E-state index contributed by atoms with van der Waals surface area (Å²) >= 11 is 0. The van der Waals surface area contributed by atoms with Gasteiger partial charge in [-0.05, 0) is 50.5 Å². The van der Waals surface area contributed by atoms with Crippen molar-refractivity contribution >= 4 is 17.7 Å². The Kier molecular flexibility index (Phi) is 3.53. The van der Waals surface area contributed by atoms with Gasteiger partial charge in [0.1, 0.15) is 11.2 Å². The van der Waals surface area contributed by atoms with Gasteiger partial charge in [-0.2, -0.15) is 0 Å². The maximum atomic E-state index is 13.0. The van der Waals surface area contributed by atoms with E-state index in [4.69, 9.17) is 14.2 Å². The number of esters is 2. The molecule has 2 saturated heterocycles. The Morgan fingerprint density at radius 2 is 1.97 bits per heavy atom. The zero-order chi connectivity index (χ0) is 21.1. The summed E-state index contributed by atoms with van der Waals surface area (Å²) in [5, 5.41) is 0. The third-order valence-electron chi connectivity index (χ3n) is 10.2.